The zero-order valence-corrected chi connectivity index (χ0v) is 18.9. The van der Waals surface area contributed by atoms with Crippen LogP contribution in [0.5, 0.6) is 5.75 Å². The minimum atomic E-state index is -0.176. The molecule has 3 aromatic rings. The molecule has 2 amide bonds. The SMILES string of the molecule is CCN(C(=O)c1ccc(NCC(=O)Nc2ccc(OCCOC)cc2)cc1)c1ccccc1. The van der Waals surface area contributed by atoms with E-state index in [9.17, 15) is 9.59 Å². The molecule has 3 rings (SSSR count). The third kappa shape index (κ3) is 7.08. The van der Waals surface area contributed by atoms with Gasteiger partial charge in [-0.3, -0.25) is 9.59 Å². The van der Waals surface area contributed by atoms with Gasteiger partial charge in [-0.25, -0.2) is 0 Å². The molecule has 33 heavy (non-hydrogen) atoms. The van der Waals surface area contributed by atoms with Gasteiger partial charge < -0.3 is 25.0 Å². The van der Waals surface area contributed by atoms with Crippen LogP contribution < -0.4 is 20.3 Å². The minimum absolute atomic E-state index is 0.0670. The summed E-state index contributed by atoms with van der Waals surface area (Å²) in [6, 6.07) is 23.8. The summed E-state index contributed by atoms with van der Waals surface area (Å²) in [5, 5.41) is 5.91. The van der Waals surface area contributed by atoms with Crippen LogP contribution in [0.15, 0.2) is 78.9 Å². The number of para-hydroxylation sites is 1. The molecule has 0 bridgehead atoms. The van der Waals surface area contributed by atoms with E-state index in [-0.39, 0.29) is 18.4 Å². The number of carbonyl (C=O) groups excluding carboxylic acids is 2. The van der Waals surface area contributed by atoms with E-state index < -0.39 is 0 Å². The van der Waals surface area contributed by atoms with Gasteiger partial charge in [0.25, 0.3) is 5.91 Å². The lowest BCUT2D eigenvalue weighted by Crippen LogP contribution is -2.30. The third-order valence-electron chi connectivity index (χ3n) is 4.91. The number of hydrogen-bond donors (Lipinski definition) is 2. The smallest absolute Gasteiger partial charge is 0.258 e. The van der Waals surface area contributed by atoms with Crippen molar-refractivity contribution in [1.29, 1.82) is 0 Å². The van der Waals surface area contributed by atoms with Crippen molar-refractivity contribution in [2.75, 3.05) is 48.9 Å². The number of carbonyl (C=O) groups is 2. The quantitative estimate of drug-likeness (QED) is 0.425. The fraction of sp³-hybridized carbons (Fsp3) is 0.231. The number of rotatable bonds is 11. The molecule has 0 saturated heterocycles. The second kappa shape index (κ2) is 12.3. The predicted octanol–water partition coefficient (Wildman–Crippen LogP) is 4.43. The van der Waals surface area contributed by atoms with Gasteiger partial charge >= 0.3 is 0 Å². The Morgan fingerprint density at radius 1 is 0.848 bits per heavy atom. The van der Waals surface area contributed by atoms with Crippen molar-refractivity contribution in [3.63, 3.8) is 0 Å². The number of anilines is 3. The van der Waals surface area contributed by atoms with Crippen LogP contribution in [0.2, 0.25) is 0 Å². The molecule has 7 heteroatoms. The van der Waals surface area contributed by atoms with E-state index in [2.05, 4.69) is 10.6 Å². The fourth-order valence-corrected chi connectivity index (χ4v) is 3.20. The van der Waals surface area contributed by atoms with Crippen LogP contribution in [-0.4, -0.2) is 45.2 Å². The van der Waals surface area contributed by atoms with Gasteiger partial charge in [0.2, 0.25) is 5.91 Å². The maximum absolute atomic E-state index is 12.9. The Labute approximate surface area is 194 Å². The Balaban J connectivity index is 1.49. The van der Waals surface area contributed by atoms with Crippen LogP contribution >= 0.6 is 0 Å². The molecule has 2 N–H and O–H groups in total. The standard InChI is InChI=1S/C26H29N3O4/c1-3-29(23-7-5-4-6-8-23)26(31)20-9-11-21(12-10-20)27-19-25(30)28-22-13-15-24(16-14-22)33-18-17-32-2/h4-16,27H,3,17-19H2,1-2H3,(H,28,30). The van der Waals surface area contributed by atoms with Gasteiger partial charge in [-0.05, 0) is 67.6 Å². The van der Waals surface area contributed by atoms with Crippen molar-refractivity contribution in [2.24, 2.45) is 0 Å². The summed E-state index contributed by atoms with van der Waals surface area (Å²) in [6.45, 7) is 3.61. The molecule has 0 heterocycles. The van der Waals surface area contributed by atoms with E-state index in [1.165, 1.54) is 0 Å². The van der Waals surface area contributed by atoms with Crippen molar-refractivity contribution in [3.8, 4) is 5.75 Å². The highest BCUT2D eigenvalue weighted by Crippen LogP contribution is 2.18. The third-order valence-corrected chi connectivity index (χ3v) is 4.91. The van der Waals surface area contributed by atoms with E-state index in [0.717, 1.165) is 11.4 Å². The van der Waals surface area contributed by atoms with Crippen LogP contribution in [0.3, 0.4) is 0 Å². The molecular weight excluding hydrogens is 418 g/mol. The predicted molar refractivity (Wildman–Crippen MR) is 131 cm³/mol. The maximum Gasteiger partial charge on any atom is 0.258 e. The first kappa shape index (κ1) is 23.8. The summed E-state index contributed by atoms with van der Waals surface area (Å²) < 4.78 is 10.5. The van der Waals surface area contributed by atoms with Gasteiger partial charge in [-0.1, -0.05) is 18.2 Å². The topological polar surface area (TPSA) is 79.9 Å². The molecule has 0 aliphatic heterocycles. The van der Waals surface area contributed by atoms with Crippen molar-refractivity contribution in [3.05, 3.63) is 84.4 Å². The van der Waals surface area contributed by atoms with Crippen molar-refractivity contribution >= 4 is 28.9 Å². The molecule has 0 atom stereocenters. The molecule has 0 unspecified atom stereocenters. The average molecular weight is 448 g/mol. The fourth-order valence-electron chi connectivity index (χ4n) is 3.20. The highest BCUT2D eigenvalue weighted by atomic mass is 16.5. The van der Waals surface area contributed by atoms with Crippen LogP contribution in [-0.2, 0) is 9.53 Å². The average Bonchev–Trinajstić information content (AvgIpc) is 2.85. The molecule has 0 aromatic heterocycles. The Morgan fingerprint density at radius 3 is 2.15 bits per heavy atom. The number of methoxy groups -OCH3 is 1. The summed E-state index contributed by atoms with van der Waals surface area (Å²) >= 11 is 0. The Morgan fingerprint density at radius 2 is 1.52 bits per heavy atom. The number of hydrogen-bond acceptors (Lipinski definition) is 5. The second-order valence-corrected chi connectivity index (χ2v) is 7.23. The number of benzene rings is 3. The first-order valence-corrected chi connectivity index (χ1v) is 10.8. The molecule has 0 fully saturated rings. The second-order valence-electron chi connectivity index (χ2n) is 7.23. The zero-order valence-electron chi connectivity index (χ0n) is 18.9. The Bertz CT molecular complexity index is 1020. The Hall–Kier alpha value is -3.84. The van der Waals surface area contributed by atoms with Crippen LogP contribution in [0, 0.1) is 0 Å². The van der Waals surface area contributed by atoms with Gasteiger partial charge in [0.05, 0.1) is 13.2 Å². The number of nitrogens with one attached hydrogen (secondary N) is 2. The van der Waals surface area contributed by atoms with E-state index in [0.29, 0.717) is 36.8 Å². The monoisotopic (exact) mass is 447 g/mol. The molecule has 0 saturated carbocycles. The highest BCUT2D eigenvalue weighted by Gasteiger charge is 2.15. The van der Waals surface area contributed by atoms with E-state index in [1.54, 1.807) is 60.5 Å². The summed E-state index contributed by atoms with van der Waals surface area (Å²) in [5.41, 5.74) is 2.88. The number of amides is 2. The molecule has 0 radical (unpaired) electrons. The largest absolute Gasteiger partial charge is 0.491 e. The molecular formula is C26H29N3O4. The van der Waals surface area contributed by atoms with Gasteiger partial charge in [-0.2, -0.15) is 0 Å². The molecule has 3 aromatic carbocycles. The number of nitrogens with zero attached hydrogens (tertiary/aromatic N) is 1. The normalized spacial score (nSPS) is 10.4. The summed E-state index contributed by atoms with van der Waals surface area (Å²) in [5.74, 6) is 0.471. The maximum atomic E-state index is 12.9. The summed E-state index contributed by atoms with van der Waals surface area (Å²) in [7, 11) is 1.62. The van der Waals surface area contributed by atoms with Crippen LogP contribution in [0.1, 0.15) is 17.3 Å². The lowest BCUT2D eigenvalue weighted by molar-refractivity contribution is -0.114. The van der Waals surface area contributed by atoms with Crippen molar-refractivity contribution in [2.45, 2.75) is 6.92 Å². The first-order valence-electron chi connectivity index (χ1n) is 10.8. The molecule has 7 nitrogen and oxygen atoms in total. The van der Waals surface area contributed by atoms with E-state index in [1.807, 2.05) is 37.3 Å². The van der Waals surface area contributed by atoms with E-state index >= 15 is 0 Å². The summed E-state index contributed by atoms with van der Waals surface area (Å²) in [4.78, 5) is 26.9. The van der Waals surface area contributed by atoms with Gasteiger partial charge in [0, 0.05) is 36.3 Å². The number of ether oxygens (including phenoxy) is 2. The van der Waals surface area contributed by atoms with Gasteiger partial charge in [-0.15, -0.1) is 0 Å². The highest BCUT2D eigenvalue weighted by molar-refractivity contribution is 6.06. The first-order chi connectivity index (χ1) is 16.1. The van der Waals surface area contributed by atoms with Crippen LogP contribution in [0.25, 0.3) is 0 Å². The van der Waals surface area contributed by atoms with E-state index in [4.69, 9.17) is 9.47 Å². The minimum Gasteiger partial charge on any atom is -0.491 e. The molecule has 0 spiro atoms. The molecule has 0 aliphatic rings. The zero-order chi connectivity index (χ0) is 23.5. The molecule has 172 valence electrons. The molecule has 0 aliphatic carbocycles. The Kier molecular flexibility index (Phi) is 8.85. The van der Waals surface area contributed by atoms with Crippen molar-refractivity contribution < 1.29 is 19.1 Å². The van der Waals surface area contributed by atoms with Gasteiger partial charge in [0.1, 0.15) is 12.4 Å². The summed E-state index contributed by atoms with van der Waals surface area (Å²) in [6.07, 6.45) is 0. The lowest BCUT2D eigenvalue weighted by Gasteiger charge is -2.21. The van der Waals surface area contributed by atoms with Gasteiger partial charge in [0.15, 0.2) is 0 Å². The van der Waals surface area contributed by atoms with Crippen molar-refractivity contribution in [1.82, 2.24) is 0 Å². The van der Waals surface area contributed by atoms with Crippen LogP contribution in [0.4, 0.5) is 17.1 Å². The lowest BCUT2D eigenvalue weighted by atomic mass is 10.1.